The fourth-order valence-electron chi connectivity index (χ4n) is 9.48. The second kappa shape index (κ2) is 5.61. The lowest BCUT2D eigenvalue weighted by molar-refractivity contribution is -0.116. The zero-order valence-electron chi connectivity index (χ0n) is 17.1. The minimum atomic E-state index is 0.428. The van der Waals surface area contributed by atoms with Crippen molar-refractivity contribution >= 4 is 5.78 Å². The molecule has 0 amide bonds. The maximum absolute atomic E-state index is 12.2. The molecule has 5 fully saturated rings. The molecule has 0 bridgehead atoms. The highest BCUT2D eigenvalue weighted by Gasteiger charge is 2.71. The Hall–Kier alpha value is -0.850. The van der Waals surface area contributed by atoms with E-state index < -0.39 is 0 Å². The first-order chi connectivity index (χ1) is 13.1. The van der Waals surface area contributed by atoms with E-state index in [-0.39, 0.29) is 0 Å². The Morgan fingerprint density at radius 2 is 2.00 bits per heavy atom. The van der Waals surface area contributed by atoms with E-state index in [0.717, 1.165) is 47.8 Å². The average molecular weight is 365 g/mol. The van der Waals surface area contributed by atoms with E-state index in [4.69, 9.17) is 0 Å². The van der Waals surface area contributed by atoms with Gasteiger partial charge in [0.15, 0.2) is 5.78 Å². The predicted octanol–water partition coefficient (Wildman–Crippen LogP) is 6.35. The number of carbonyl (C=O) groups is 1. The van der Waals surface area contributed by atoms with Gasteiger partial charge >= 0.3 is 0 Å². The van der Waals surface area contributed by atoms with Crippen molar-refractivity contribution in [1.82, 2.24) is 0 Å². The SMILES string of the molecule is C=CCCC1C2CC2C2C3CC4(CC4)C4=CC(=O)CCC4[C@H]3CCC12CC. The van der Waals surface area contributed by atoms with Crippen molar-refractivity contribution in [3.05, 3.63) is 24.3 Å². The summed E-state index contributed by atoms with van der Waals surface area (Å²) in [4.78, 5) is 12.2. The van der Waals surface area contributed by atoms with Crippen molar-refractivity contribution in [3.63, 3.8) is 0 Å². The predicted molar refractivity (Wildman–Crippen MR) is 109 cm³/mol. The van der Waals surface area contributed by atoms with Gasteiger partial charge in [0.25, 0.3) is 0 Å². The Morgan fingerprint density at radius 3 is 2.74 bits per heavy atom. The van der Waals surface area contributed by atoms with Crippen molar-refractivity contribution in [2.45, 2.75) is 77.6 Å². The topological polar surface area (TPSA) is 17.1 Å². The van der Waals surface area contributed by atoms with Gasteiger partial charge in [0.05, 0.1) is 0 Å². The van der Waals surface area contributed by atoms with E-state index in [2.05, 4.69) is 25.7 Å². The first-order valence-electron chi connectivity index (χ1n) is 12.0. The summed E-state index contributed by atoms with van der Waals surface area (Å²) >= 11 is 0. The quantitative estimate of drug-likeness (QED) is 0.531. The molecule has 5 saturated carbocycles. The van der Waals surface area contributed by atoms with Crippen molar-refractivity contribution in [2.24, 2.45) is 52.3 Å². The molecule has 8 atom stereocenters. The Morgan fingerprint density at radius 1 is 1.15 bits per heavy atom. The molecule has 0 heterocycles. The van der Waals surface area contributed by atoms with Crippen LogP contribution < -0.4 is 0 Å². The Kier molecular flexibility index (Phi) is 3.54. The van der Waals surface area contributed by atoms with Crippen LogP contribution in [0.5, 0.6) is 0 Å². The third kappa shape index (κ3) is 2.15. The lowest BCUT2D eigenvalue weighted by Gasteiger charge is -2.58. The summed E-state index contributed by atoms with van der Waals surface area (Å²) in [5.74, 6) is 7.17. The number of hydrogen-bond donors (Lipinski definition) is 0. The largest absolute Gasteiger partial charge is 0.295 e. The number of rotatable bonds is 4. The number of hydrogen-bond acceptors (Lipinski definition) is 1. The zero-order chi connectivity index (χ0) is 18.4. The van der Waals surface area contributed by atoms with Gasteiger partial charge in [0.1, 0.15) is 0 Å². The second-order valence-corrected chi connectivity index (χ2v) is 11.2. The van der Waals surface area contributed by atoms with Crippen LogP contribution in [-0.2, 0) is 4.79 Å². The van der Waals surface area contributed by atoms with Gasteiger partial charge in [-0.3, -0.25) is 4.79 Å². The first-order valence-corrected chi connectivity index (χ1v) is 12.0. The molecule has 0 radical (unpaired) electrons. The molecule has 0 aromatic heterocycles. The molecular weight excluding hydrogens is 328 g/mol. The van der Waals surface area contributed by atoms with Crippen LogP contribution in [-0.4, -0.2) is 5.78 Å². The van der Waals surface area contributed by atoms with Crippen LogP contribution in [0.4, 0.5) is 0 Å². The van der Waals surface area contributed by atoms with Crippen molar-refractivity contribution < 1.29 is 4.79 Å². The molecule has 7 unspecified atom stereocenters. The maximum atomic E-state index is 12.2. The summed E-state index contributed by atoms with van der Waals surface area (Å²) in [6.45, 7) is 6.54. The summed E-state index contributed by atoms with van der Waals surface area (Å²) in [7, 11) is 0. The monoisotopic (exact) mass is 364 g/mol. The van der Waals surface area contributed by atoms with Gasteiger partial charge in [-0.1, -0.05) is 18.6 Å². The van der Waals surface area contributed by atoms with E-state index >= 15 is 0 Å². The van der Waals surface area contributed by atoms with Crippen molar-refractivity contribution in [2.75, 3.05) is 0 Å². The van der Waals surface area contributed by atoms with Crippen LogP contribution in [0.3, 0.4) is 0 Å². The van der Waals surface area contributed by atoms with E-state index in [1.807, 2.05) is 0 Å². The number of allylic oxidation sites excluding steroid dienone is 2. The average Bonchev–Trinajstić information content (AvgIpc) is 3.59. The van der Waals surface area contributed by atoms with E-state index in [1.54, 1.807) is 5.57 Å². The number of carbonyl (C=O) groups excluding carboxylic acids is 1. The van der Waals surface area contributed by atoms with Gasteiger partial charge in [0.2, 0.25) is 0 Å². The molecule has 6 rings (SSSR count). The van der Waals surface area contributed by atoms with Crippen LogP contribution in [0.1, 0.15) is 77.6 Å². The van der Waals surface area contributed by atoms with Crippen LogP contribution >= 0.6 is 0 Å². The van der Waals surface area contributed by atoms with Crippen molar-refractivity contribution in [1.29, 1.82) is 0 Å². The summed E-state index contributed by atoms with van der Waals surface area (Å²) in [6.07, 6.45) is 19.0. The Bertz CT molecular complexity index is 712. The lowest BCUT2D eigenvalue weighted by Crippen LogP contribution is -2.51. The molecule has 0 N–H and O–H groups in total. The third-order valence-electron chi connectivity index (χ3n) is 10.6. The molecule has 146 valence electrons. The maximum Gasteiger partial charge on any atom is 0.155 e. The first kappa shape index (κ1) is 17.0. The van der Waals surface area contributed by atoms with Gasteiger partial charge in [-0.05, 0) is 123 Å². The third-order valence-corrected chi connectivity index (χ3v) is 10.6. The summed E-state index contributed by atoms with van der Waals surface area (Å²) in [5, 5.41) is 0. The highest BCUT2D eigenvalue weighted by Crippen LogP contribution is 2.78. The molecule has 0 aromatic carbocycles. The molecule has 6 aliphatic rings. The van der Waals surface area contributed by atoms with Gasteiger partial charge in [0, 0.05) is 6.42 Å². The smallest absolute Gasteiger partial charge is 0.155 e. The highest BCUT2D eigenvalue weighted by molar-refractivity contribution is 5.91. The Labute approximate surface area is 165 Å². The lowest BCUT2D eigenvalue weighted by atomic mass is 9.46. The highest BCUT2D eigenvalue weighted by atomic mass is 16.1. The number of ketones is 1. The van der Waals surface area contributed by atoms with Gasteiger partial charge < -0.3 is 0 Å². The van der Waals surface area contributed by atoms with Crippen LogP contribution in [0.15, 0.2) is 24.3 Å². The molecular formula is C26H36O. The fraction of sp³-hybridized carbons (Fsp3) is 0.808. The Balaban J connectivity index is 1.37. The minimum Gasteiger partial charge on any atom is -0.295 e. The van der Waals surface area contributed by atoms with Crippen LogP contribution in [0.25, 0.3) is 0 Å². The van der Waals surface area contributed by atoms with E-state index in [0.29, 0.717) is 16.6 Å². The summed E-state index contributed by atoms with van der Waals surface area (Å²) < 4.78 is 0. The van der Waals surface area contributed by atoms with Crippen LogP contribution in [0.2, 0.25) is 0 Å². The standard InChI is InChI=1S/C26H36O/c1-3-5-6-22-19-14-20(19)24-21-15-25(11-12-25)23-13-16(27)7-8-18(23)17(21)9-10-26(22,24)4-2/h3,13,17-22,24H,1,4-12,14-15H2,2H3/t17-,18?,19?,20?,21?,22?,24?,26?/m1/s1. The number of fused-ring (bicyclic) bond motifs is 8. The molecule has 6 aliphatic carbocycles. The molecule has 0 saturated heterocycles. The molecule has 0 aliphatic heterocycles. The minimum absolute atomic E-state index is 0.428. The molecule has 27 heavy (non-hydrogen) atoms. The van der Waals surface area contributed by atoms with Crippen molar-refractivity contribution in [3.8, 4) is 0 Å². The van der Waals surface area contributed by atoms with E-state index in [1.165, 1.54) is 64.2 Å². The zero-order valence-corrected chi connectivity index (χ0v) is 17.1. The summed E-state index contributed by atoms with van der Waals surface area (Å²) in [6, 6.07) is 0. The molecule has 1 nitrogen and oxygen atoms in total. The fourth-order valence-corrected chi connectivity index (χ4v) is 9.48. The summed E-state index contributed by atoms with van der Waals surface area (Å²) in [5.41, 5.74) is 2.76. The van der Waals surface area contributed by atoms with Gasteiger partial charge in [-0.2, -0.15) is 0 Å². The molecule has 1 heteroatoms. The normalized spacial score (nSPS) is 50.9. The van der Waals surface area contributed by atoms with Gasteiger partial charge in [-0.15, -0.1) is 6.58 Å². The molecule has 1 spiro atoms. The van der Waals surface area contributed by atoms with Crippen LogP contribution in [0, 0.1) is 52.3 Å². The second-order valence-electron chi connectivity index (χ2n) is 11.2. The van der Waals surface area contributed by atoms with Gasteiger partial charge in [-0.25, -0.2) is 0 Å². The van der Waals surface area contributed by atoms with E-state index in [9.17, 15) is 4.79 Å². The molecule has 0 aromatic rings.